The summed E-state index contributed by atoms with van der Waals surface area (Å²) in [4.78, 5) is 4.86. The van der Waals surface area contributed by atoms with E-state index in [0.717, 1.165) is 24.5 Å². The van der Waals surface area contributed by atoms with E-state index in [1.165, 1.54) is 29.8 Å². The molecule has 0 saturated carbocycles. The highest BCUT2D eigenvalue weighted by atomic mass is 15.1. The van der Waals surface area contributed by atoms with Gasteiger partial charge in [0.05, 0.1) is 5.69 Å². The maximum absolute atomic E-state index is 4.86. The number of rotatable bonds is 3. The molecular weight excluding hydrogens is 244 g/mol. The molecule has 0 aliphatic carbocycles. The predicted molar refractivity (Wildman–Crippen MR) is 83.9 cm³/mol. The first-order valence-corrected chi connectivity index (χ1v) is 7.84. The van der Waals surface area contributed by atoms with Crippen molar-refractivity contribution >= 4 is 0 Å². The molecule has 2 aromatic rings. The summed E-state index contributed by atoms with van der Waals surface area (Å²) in [5, 5.41) is 0. The summed E-state index contributed by atoms with van der Waals surface area (Å²) >= 11 is 0. The Bertz CT molecular complexity index is 580. The highest BCUT2D eigenvalue weighted by Crippen LogP contribution is 2.31. The molecule has 106 valence electrons. The van der Waals surface area contributed by atoms with Crippen LogP contribution in [0.2, 0.25) is 0 Å². The van der Waals surface area contributed by atoms with Crippen LogP contribution in [0.15, 0.2) is 30.5 Å². The number of imidazole rings is 1. The van der Waals surface area contributed by atoms with E-state index in [1.54, 1.807) is 0 Å². The van der Waals surface area contributed by atoms with E-state index in [0.29, 0.717) is 6.04 Å². The van der Waals surface area contributed by atoms with Gasteiger partial charge in [0, 0.05) is 24.2 Å². The van der Waals surface area contributed by atoms with Crippen LogP contribution in [0, 0.1) is 5.92 Å². The number of hydrogen-bond donors (Lipinski definition) is 0. The molecule has 0 radical (unpaired) electrons. The van der Waals surface area contributed by atoms with Gasteiger partial charge in [-0.15, -0.1) is 0 Å². The summed E-state index contributed by atoms with van der Waals surface area (Å²) in [5.74, 6) is 2.00. The SMILES string of the molecule is CCCc1ccc(-c2cn3c(n2)CC(C)CC3C)cc1. The Morgan fingerprint density at radius 2 is 1.95 bits per heavy atom. The van der Waals surface area contributed by atoms with Crippen LogP contribution in [0.4, 0.5) is 0 Å². The molecular formula is C18H24N2. The fourth-order valence-corrected chi connectivity index (χ4v) is 3.33. The van der Waals surface area contributed by atoms with Crippen LogP contribution in [0.25, 0.3) is 11.3 Å². The van der Waals surface area contributed by atoms with E-state index in [-0.39, 0.29) is 0 Å². The standard InChI is InChI=1S/C18H24N2/c1-4-5-15-6-8-16(9-7-15)17-12-20-14(3)10-13(2)11-18(20)19-17/h6-9,12-14H,4-5,10-11H2,1-3H3. The molecule has 0 fully saturated rings. The summed E-state index contributed by atoms with van der Waals surface area (Å²) < 4.78 is 2.37. The molecule has 2 heteroatoms. The normalized spacial score (nSPS) is 21.8. The number of aryl methyl sites for hydroxylation is 1. The first kappa shape index (κ1) is 13.4. The minimum atomic E-state index is 0.578. The lowest BCUT2D eigenvalue weighted by molar-refractivity contribution is 0.343. The number of hydrogen-bond acceptors (Lipinski definition) is 1. The average molecular weight is 268 g/mol. The molecule has 2 nitrogen and oxygen atoms in total. The van der Waals surface area contributed by atoms with Crippen molar-refractivity contribution in [2.45, 2.75) is 52.5 Å². The number of fused-ring (bicyclic) bond motifs is 1. The van der Waals surface area contributed by atoms with Crippen molar-refractivity contribution in [1.29, 1.82) is 0 Å². The van der Waals surface area contributed by atoms with E-state index in [1.807, 2.05) is 0 Å². The van der Waals surface area contributed by atoms with Gasteiger partial charge < -0.3 is 4.57 Å². The van der Waals surface area contributed by atoms with Crippen LogP contribution < -0.4 is 0 Å². The molecule has 2 heterocycles. The van der Waals surface area contributed by atoms with Crippen molar-refractivity contribution in [3.63, 3.8) is 0 Å². The molecule has 1 aromatic heterocycles. The fourth-order valence-electron chi connectivity index (χ4n) is 3.33. The van der Waals surface area contributed by atoms with Crippen LogP contribution in [0.1, 0.15) is 51.0 Å². The van der Waals surface area contributed by atoms with Crippen LogP contribution in [-0.2, 0) is 12.8 Å². The van der Waals surface area contributed by atoms with Gasteiger partial charge in [0.1, 0.15) is 5.82 Å². The van der Waals surface area contributed by atoms with E-state index in [2.05, 4.69) is 55.8 Å². The minimum absolute atomic E-state index is 0.578. The largest absolute Gasteiger partial charge is 0.331 e. The van der Waals surface area contributed by atoms with Crippen molar-refractivity contribution in [3.8, 4) is 11.3 Å². The van der Waals surface area contributed by atoms with Gasteiger partial charge >= 0.3 is 0 Å². The van der Waals surface area contributed by atoms with Gasteiger partial charge in [-0.3, -0.25) is 0 Å². The third-order valence-electron chi connectivity index (χ3n) is 4.35. The Morgan fingerprint density at radius 1 is 1.20 bits per heavy atom. The second kappa shape index (κ2) is 5.43. The molecule has 3 rings (SSSR count). The van der Waals surface area contributed by atoms with Crippen LogP contribution in [-0.4, -0.2) is 9.55 Å². The summed E-state index contributed by atoms with van der Waals surface area (Å²) in [6, 6.07) is 9.49. The van der Waals surface area contributed by atoms with Crippen molar-refractivity contribution in [3.05, 3.63) is 41.9 Å². The average Bonchev–Trinajstić information content (AvgIpc) is 2.84. The molecule has 0 bridgehead atoms. The lowest BCUT2D eigenvalue weighted by Crippen LogP contribution is -2.20. The lowest BCUT2D eigenvalue weighted by atomic mass is 9.95. The van der Waals surface area contributed by atoms with Crippen molar-refractivity contribution in [2.75, 3.05) is 0 Å². The van der Waals surface area contributed by atoms with Gasteiger partial charge in [-0.2, -0.15) is 0 Å². The van der Waals surface area contributed by atoms with E-state index < -0.39 is 0 Å². The van der Waals surface area contributed by atoms with Gasteiger partial charge in [0.15, 0.2) is 0 Å². The topological polar surface area (TPSA) is 17.8 Å². The Morgan fingerprint density at radius 3 is 2.65 bits per heavy atom. The Labute approximate surface area is 121 Å². The van der Waals surface area contributed by atoms with Crippen molar-refractivity contribution in [1.82, 2.24) is 9.55 Å². The van der Waals surface area contributed by atoms with Gasteiger partial charge in [0.25, 0.3) is 0 Å². The zero-order valence-corrected chi connectivity index (χ0v) is 12.8. The van der Waals surface area contributed by atoms with Gasteiger partial charge in [-0.25, -0.2) is 4.98 Å². The third-order valence-corrected chi connectivity index (χ3v) is 4.35. The molecule has 2 unspecified atom stereocenters. The summed E-state index contributed by atoms with van der Waals surface area (Å²) in [5.41, 5.74) is 3.79. The van der Waals surface area contributed by atoms with E-state index in [4.69, 9.17) is 4.98 Å². The zero-order chi connectivity index (χ0) is 14.1. The lowest BCUT2D eigenvalue weighted by Gasteiger charge is -2.26. The predicted octanol–water partition coefficient (Wildman–Crippen LogP) is 4.65. The molecule has 0 spiro atoms. The van der Waals surface area contributed by atoms with Crippen LogP contribution in [0.5, 0.6) is 0 Å². The molecule has 20 heavy (non-hydrogen) atoms. The molecule has 0 N–H and O–H groups in total. The van der Waals surface area contributed by atoms with E-state index >= 15 is 0 Å². The maximum atomic E-state index is 4.86. The Balaban J connectivity index is 1.89. The molecule has 0 saturated heterocycles. The van der Waals surface area contributed by atoms with Crippen LogP contribution >= 0.6 is 0 Å². The van der Waals surface area contributed by atoms with Crippen molar-refractivity contribution in [2.24, 2.45) is 5.92 Å². The second-order valence-electron chi connectivity index (χ2n) is 6.29. The van der Waals surface area contributed by atoms with Gasteiger partial charge in [0.2, 0.25) is 0 Å². The number of aromatic nitrogens is 2. The Kier molecular flexibility index (Phi) is 3.64. The van der Waals surface area contributed by atoms with Crippen molar-refractivity contribution < 1.29 is 0 Å². The third kappa shape index (κ3) is 2.52. The summed E-state index contributed by atoms with van der Waals surface area (Å²) in [6.45, 7) is 6.85. The van der Waals surface area contributed by atoms with Crippen LogP contribution in [0.3, 0.4) is 0 Å². The molecule has 1 aliphatic rings. The van der Waals surface area contributed by atoms with Gasteiger partial charge in [-0.1, -0.05) is 44.5 Å². The number of nitrogens with zero attached hydrogens (tertiary/aromatic N) is 2. The minimum Gasteiger partial charge on any atom is -0.331 e. The highest BCUT2D eigenvalue weighted by Gasteiger charge is 2.23. The summed E-state index contributed by atoms with van der Waals surface area (Å²) in [7, 11) is 0. The quantitative estimate of drug-likeness (QED) is 0.792. The fraction of sp³-hybridized carbons (Fsp3) is 0.500. The van der Waals surface area contributed by atoms with E-state index in [9.17, 15) is 0 Å². The first-order chi connectivity index (χ1) is 9.67. The summed E-state index contributed by atoms with van der Waals surface area (Å²) in [6.07, 6.45) is 6.97. The molecule has 0 amide bonds. The zero-order valence-electron chi connectivity index (χ0n) is 12.8. The maximum Gasteiger partial charge on any atom is 0.109 e. The number of benzene rings is 1. The second-order valence-corrected chi connectivity index (χ2v) is 6.29. The van der Waals surface area contributed by atoms with Gasteiger partial charge in [-0.05, 0) is 31.2 Å². The first-order valence-electron chi connectivity index (χ1n) is 7.84. The molecule has 2 atom stereocenters. The highest BCUT2D eigenvalue weighted by molar-refractivity contribution is 5.59. The molecule has 1 aliphatic heterocycles. The smallest absolute Gasteiger partial charge is 0.109 e. The Hall–Kier alpha value is -1.57. The monoisotopic (exact) mass is 268 g/mol. The molecule has 1 aromatic carbocycles.